The Morgan fingerprint density at radius 1 is 1.24 bits per heavy atom. The summed E-state index contributed by atoms with van der Waals surface area (Å²) in [7, 11) is 1.51. The summed E-state index contributed by atoms with van der Waals surface area (Å²) in [6, 6.07) is 5.15. The fourth-order valence-electron chi connectivity index (χ4n) is 1.35. The molecule has 2 N–H and O–H groups in total. The average Bonchev–Trinajstić information content (AvgIpc) is 2.35. The third kappa shape index (κ3) is 2.15. The van der Waals surface area contributed by atoms with Gasteiger partial charge in [-0.25, -0.2) is 19.3 Å². The maximum Gasteiger partial charge on any atom is 0.213 e. The van der Waals surface area contributed by atoms with Gasteiger partial charge in [0.25, 0.3) is 0 Å². The maximum absolute atomic E-state index is 13.3. The number of ether oxygens (including phenoxy) is 1. The van der Waals surface area contributed by atoms with E-state index in [0.29, 0.717) is 11.6 Å². The second-order valence-electron chi connectivity index (χ2n) is 3.40. The van der Waals surface area contributed by atoms with Crippen molar-refractivity contribution in [3.05, 3.63) is 29.7 Å². The van der Waals surface area contributed by atoms with E-state index in [0.717, 1.165) is 0 Å². The van der Waals surface area contributed by atoms with Crippen LogP contribution in [0.1, 0.15) is 5.69 Å². The third-order valence-electron chi connectivity index (χ3n) is 2.20. The molecule has 0 aliphatic carbocycles. The first-order valence-corrected chi connectivity index (χ1v) is 4.93. The van der Waals surface area contributed by atoms with Gasteiger partial charge in [0.2, 0.25) is 5.88 Å². The van der Waals surface area contributed by atoms with Crippen LogP contribution in [0.15, 0.2) is 18.2 Å². The highest BCUT2D eigenvalue weighted by molar-refractivity contribution is 5.53. The molecule has 0 spiro atoms. The number of pyridine rings is 1. The van der Waals surface area contributed by atoms with Gasteiger partial charge in [0.05, 0.1) is 12.8 Å². The first kappa shape index (κ1) is 11.3. The Morgan fingerprint density at radius 2 is 2.00 bits per heavy atom. The lowest BCUT2D eigenvalue weighted by molar-refractivity contribution is 0.398. The molecule has 2 rings (SSSR count). The Bertz CT molecular complexity index is 536. The minimum Gasteiger partial charge on any atom is -0.481 e. The molecule has 0 bridgehead atoms. The third-order valence-corrected chi connectivity index (χ3v) is 2.20. The van der Waals surface area contributed by atoms with Gasteiger partial charge in [-0.2, -0.15) is 0 Å². The van der Waals surface area contributed by atoms with Gasteiger partial charge in [-0.15, -0.1) is 0 Å². The molecule has 0 radical (unpaired) electrons. The number of aromatic nitrogens is 3. The monoisotopic (exact) mass is 234 g/mol. The first-order valence-electron chi connectivity index (χ1n) is 4.93. The smallest absolute Gasteiger partial charge is 0.213 e. The van der Waals surface area contributed by atoms with Gasteiger partial charge in [0, 0.05) is 6.07 Å². The molecule has 0 saturated heterocycles. The average molecular weight is 234 g/mol. The normalized spacial score (nSPS) is 10.3. The van der Waals surface area contributed by atoms with Crippen molar-refractivity contribution in [2.45, 2.75) is 6.92 Å². The van der Waals surface area contributed by atoms with Gasteiger partial charge in [0.15, 0.2) is 17.5 Å². The van der Waals surface area contributed by atoms with E-state index in [1.807, 2.05) is 0 Å². The predicted molar refractivity (Wildman–Crippen MR) is 60.9 cm³/mol. The topological polar surface area (TPSA) is 73.9 Å². The molecule has 2 aromatic rings. The Labute approximate surface area is 97.5 Å². The van der Waals surface area contributed by atoms with Gasteiger partial charge in [0.1, 0.15) is 5.69 Å². The number of nitrogens with zero attached hydrogens (tertiary/aromatic N) is 3. The molecule has 0 saturated carbocycles. The molecule has 2 heterocycles. The van der Waals surface area contributed by atoms with Crippen LogP contribution in [-0.2, 0) is 0 Å². The molecule has 17 heavy (non-hydrogen) atoms. The fraction of sp³-hybridized carbons (Fsp3) is 0.182. The van der Waals surface area contributed by atoms with Crippen molar-refractivity contribution in [1.29, 1.82) is 0 Å². The molecule has 88 valence electrons. The number of methoxy groups -OCH3 is 1. The van der Waals surface area contributed by atoms with Gasteiger partial charge in [-0.1, -0.05) is 6.07 Å². The highest BCUT2D eigenvalue weighted by Crippen LogP contribution is 2.19. The molecule has 0 fully saturated rings. The lowest BCUT2D eigenvalue weighted by Crippen LogP contribution is -2.04. The van der Waals surface area contributed by atoms with Crippen molar-refractivity contribution >= 4 is 5.82 Å². The van der Waals surface area contributed by atoms with E-state index in [2.05, 4.69) is 15.0 Å². The quantitative estimate of drug-likeness (QED) is 0.853. The van der Waals surface area contributed by atoms with Crippen LogP contribution in [0.3, 0.4) is 0 Å². The summed E-state index contributed by atoms with van der Waals surface area (Å²) in [6.45, 7) is 1.52. The number of anilines is 1. The second-order valence-corrected chi connectivity index (χ2v) is 3.40. The summed E-state index contributed by atoms with van der Waals surface area (Å²) in [4.78, 5) is 12.0. The van der Waals surface area contributed by atoms with Crippen molar-refractivity contribution in [2.75, 3.05) is 12.8 Å². The molecule has 0 atom stereocenters. The van der Waals surface area contributed by atoms with Gasteiger partial charge in [-0.3, -0.25) is 0 Å². The van der Waals surface area contributed by atoms with E-state index < -0.39 is 5.82 Å². The summed E-state index contributed by atoms with van der Waals surface area (Å²) < 4.78 is 18.3. The van der Waals surface area contributed by atoms with E-state index in [9.17, 15) is 4.39 Å². The number of hydrogen-bond acceptors (Lipinski definition) is 5. The highest BCUT2D eigenvalue weighted by atomic mass is 19.1. The largest absolute Gasteiger partial charge is 0.481 e. The van der Waals surface area contributed by atoms with Gasteiger partial charge < -0.3 is 10.5 Å². The minimum absolute atomic E-state index is 0.183. The maximum atomic E-state index is 13.3. The number of rotatable bonds is 2. The van der Waals surface area contributed by atoms with Crippen LogP contribution >= 0.6 is 0 Å². The van der Waals surface area contributed by atoms with Crippen molar-refractivity contribution in [3.8, 4) is 17.4 Å². The summed E-state index contributed by atoms with van der Waals surface area (Å²) in [5.41, 5.74) is 6.12. The highest BCUT2D eigenvalue weighted by Gasteiger charge is 2.11. The van der Waals surface area contributed by atoms with E-state index in [4.69, 9.17) is 10.5 Å². The molecular formula is C11H11FN4O. The van der Waals surface area contributed by atoms with Gasteiger partial charge >= 0.3 is 0 Å². The fourth-order valence-corrected chi connectivity index (χ4v) is 1.35. The van der Waals surface area contributed by atoms with E-state index >= 15 is 0 Å². The van der Waals surface area contributed by atoms with E-state index in [1.54, 1.807) is 18.2 Å². The summed E-state index contributed by atoms with van der Waals surface area (Å²) >= 11 is 0. The number of nitrogen functional groups attached to an aromatic ring is 1. The van der Waals surface area contributed by atoms with Crippen LogP contribution in [0.5, 0.6) is 5.88 Å². The number of nitrogens with two attached hydrogens (primary N) is 1. The van der Waals surface area contributed by atoms with Crippen LogP contribution in [0.25, 0.3) is 11.5 Å². The van der Waals surface area contributed by atoms with Crippen LogP contribution in [0, 0.1) is 12.7 Å². The molecule has 0 aliphatic rings. The Hall–Kier alpha value is -2.24. The number of aryl methyl sites for hydroxylation is 1. The lowest BCUT2D eigenvalue weighted by Gasteiger charge is -2.05. The van der Waals surface area contributed by atoms with Crippen molar-refractivity contribution in [1.82, 2.24) is 15.0 Å². The van der Waals surface area contributed by atoms with Crippen LogP contribution in [0.2, 0.25) is 0 Å². The van der Waals surface area contributed by atoms with Crippen LogP contribution < -0.4 is 10.5 Å². The summed E-state index contributed by atoms with van der Waals surface area (Å²) in [5, 5.41) is 0. The molecule has 0 aliphatic heterocycles. The Morgan fingerprint density at radius 3 is 2.65 bits per heavy atom. The summed E-state index contributed by atoms with van der Waals surface area (Å²) in [5.74, 6) is -0.0688. The Balaban J connectivity index is 2.52. The minimum atomic E-state index is -0.600. The number of hydrogen-bond donors (Lipinski definition) is 1. The second kappa shape index (κ2) is 4.32. The molecule has 2 aromatic heterocycles. The zero-order chi connectivity index (χ0) is 12.4. The van der Waals surface area contributed by atoms with Crippen LogP contribution in [0.4, 0.5) is 10.2 Å². The first-order chi connectivity index (χ1) is 8.11. The van der Waals surface area contributed by atoms with Gasteiger partial charge in [-0.05, 0) is 13.0 Å². The Kier molecular flexibility index (Phi) is 2.86. The van der Waals surface area contributed by atoms with E-state index in [-0.39, 0.29) is 17.3 Å². The molecule has 5 nitrogen and oxygen atoms in total. The molecule has 0 amide bonds. The standard InChI is InChI=1S/C11H11FN4O/c1-6-9(12)10(13)16-11(14-6)7-4-3-5-8(15-7)17-2/h3-5H,1-2H3,(H2,13,14,16). The molecule has 0 aromatic carbocycles. The van der Waals surface area contributed by atoms with Crippen LogP contribution in [-0.4, -0.2) is 22.1 Å². The zero-order valence-corrected chi connectivity index (χ0v) is 9.44. The molecule has 6 heteroatoms. The van der Waals surface area contributed by atoms with Crippen molar-refractivity contribution < 1.29 is 9.13 Å². The summed E-state index contributed by atoms with van der Waals surface area (Å²) in [6.07, 6.45) is 0. The molecule has 0 unspecified atom stereocenters. The van der Waals surface area contributed by atoms with Crippen molar-refractivity contribution in [3.63, 3.8) is 0 Å². The zero-order valence-electron chi connectivity index (χ0n) is 9.44. The SMILES string of the molecule is COc1cccc(-c2nc(C)c(F)c(N)n2)n1. The lowest BCUT2D eigenvalue weighted by atomic mass is 10.3. The number of halogens is 1. The van der Waals surface area contributed by atoms with Crippen molar-refractivity contribution in [2.24, 2.45) is 0 Å². The van der Waals surface area contributed by atoms with E-state index in [1.165, 1.54) is 14.0 Å². The predicted octanol–water partition coefficient (Wildman–Crippen LogP) is 1.58. The molecular weight excluding hydrogens is 223 g/mol.